The minimum absolute atomic E-state index is 0.000610. The Labute approximate surface area is 137 Å². The molecule has 0 amide bonds. The van der Waals surface area contributed by atoms with Crippen LogP contribution < -0.4 is 4.74 Å². The van der Waals surface area contributed by atoms with Crippen LogP contribution in [0.2, 0.25) is 0 Å². The number of carbonyl (C=O) groups is 2. The number of aromatic hydroxyl groups is 1. The highest BCUT2D eigenvalue weighted by molar-refractivity contribution is 6.30. The molecule has 1 aliphatic rings. The summed E-state index contributed by atoms with van der Waals surface area (Å²) in [6.07, 6.45) is 1.40. The fourth-order valence-corrected chi connectivity index (χ4v) is 2.84. The lowest BCUT2D eigenvalue weighted by Gasteiger charge is -2.17. The molecule has 3 aromatic rings. The van der Waals surface area contributed by atoms with Crippen LogP contribution in [0.15, 0.2) is 66.2 Å². The van der Waals surface area contributed by atoms with Gasteiger partial charge in [-0.15, -0.1) is 0 Å². The van der Waals surface area contributed by atoms with Gasteiger partial charge in [0.2, 0.25) is 5.78 Å². The molecule has 0 aromatic heterocycles. The Morgan fingerprint density at radius 2 is 1.62 bits per heavy atom. The number of Topliss-reactive ketones (excluding diaryl/α,β-unsaturated/α-hetero) is 1. The van der Waals surface area contributed by atoms with Gasteiger partial charge < -0.3 is 9.84 Å². The lowest BCUT2D eigenvalue weighted by atomic mass is 9.95. The van der Waals surface area contributed by atoms with E-state index < -0.39 is 11.8 Å². The van der Waals surface area contributed by atoms with Crippen molar-refractivity contribution >= 4 is 28.6 Å². The number of hydrogen-bond donors (Lipinski definition) is 1. The molecular formula is C20H12O4. The van der Waals surface area contributed by atoms with E-state index in [4.69, 9.17) is 4.74 Å². The van der Waals surface area contributed by atoms with Gasteiger partial charge in [-0.2, -0.15) is 0 Å². The molecule has 0 fully saturated rings. The van der Waals surface area contributed by atoms with E-state index in [0.29, 0.717) is 11.1 Å². The fourth-order valence-electron chi connectivity index (χ4n) is 2.84. The van der Waals surface area contributed by atoms with E-state index in [1.54, 1.807) is 36.4 Å². The summed E-state index contributed by atoms with van der Waals surface area (Å²) in [4.78, 5) is 24.9. The Hall–Kier alpha value is -3.40. The lowest BCUT2D eigenvalue weighted by Crippen LogP contribution is -2.24. The van der Waals surface area contributed by atoms with Crippen LogP contribution in [0.3, 0.4) is 0 Å². The predicted molar refractivity (Wildman–Crippen MR) is 90.0 cm³/mol. The van der Waals surface area contributed by atoms with Crippen molar-refractivity contribution in [2.75, 3.05) is 0 Å². The van der Waals surface area contributed by atoms with Crippen molar-refractivity contribution in [1.29, 1.82) is 0 Å². The first kappa shape index (κ1) is 14.2. The molecule has 0 unspecified atom stereocenters. The SMILES string of the molecule is O=C1Oc2ccccc2C(=O)/C1=C\c1c(O)ccc2ccccc12. The highest BCUT2D eigenvalue weighted by Crippen LogP contribution is 2.33. The highest BCUT2D eigenvalue weighted by atomic mass is 16.5. The predicted octanol–water partition coefficient (Wildman–Crippen LogP) is 3.73. The molecule has 0 aliphatic carbocycles. The van der Waals surface area contributed by atoms with Crippen molar-refractivity contribution in [3.8, 4) is 11.5 Å². The van der Waals surface area contributed by atoms with E-state index >= 15 is 0 Å². The van der Waals surface area contributed by atoms with E-state index in [0.717, 1.165) is 10.8 Å². The van der Waals surface area contributed by atoms with E-state index in [2.05, 4.69) is 0 Å². The number of para-hydroxylation sites is 1. The van der Waals surface area contributed by atoms with Gasteiger partial charge in [0.15, 0.2) is 0 Å². The summed E-state index contributed by atoms with van der Waals surface area (Å²) < 4.78 is 5.23. The van der Waals surface area contributed by atoms with Gasteiger partial charge >= 0.3 is 5.97 Å². The molecule has 4 rings (SSSR count). The number of phenolic OH excluding ortho intramolecular Hbond substituents is 1. The van der Waals surface area contributed by atoms with E-state index in [1.165, 1.54) is 6.08 Å². The molecule has 4 nitrogen and oxygen atoms in total. The maximum Gasteiger partial charge on any atom is 0.347 e. The number of ether oxygens (including phenoxy) is 1. The maximum atomic E-state index is 12.6. The van der Waals surface area contributed by atoms with Crippen molar-refractivity contribution in [1.82, 2.24) is 0 Å². The molecule has 3 aromatic carbocycles. The Morgan fingerprint density at radius 1 is 0.875 bits per heavy atom. The normalized spacial score (nSPS) is 15.4. The highest BCUT2D eigenvalue weighted by Gasteiger charge is 2.30. The Bertz CT molecular complexity index is 1030. The lowest BCUT2D eigenvalue weighted by molar-refractivity contribution is -0.130. The topological polar surface area (TPSA) is 63.6 Å². The third-order valence-electron chi connectivity index (χ3n) is 4.04. The fraction of sp³-hybridized carbons (Fsp3) is 0. The minimum atomic E-state index is -0.717. The summed E-state index contributed by atoms with van der Waals surface area (Å²) in [5.74, 6) is -0.868. The molecule has 0 atom stereocenters. The second-order valence-corrected chi connectivity index (χ2v) is 5.49. The van der Waals surface area contributed by atoms with Crippen LogP contribution in [0.4, 0.5) is 0 Å². The van der Waals surface area contributed by atoms with Crippen LogP contribution in [-0.4, -0.2) is 16.9 Å². The Morgan fingerprint density at radius 3 is 2.50 bits per heavy atom. The number of hydrogen-bond acceptors (Lipinski definition) is 4. The first-order valence-electron chi connectivity index (χ1n) is 7.43. The van der Waals surface area contributed by atoms with Gasteiger partial charge in [0, 0.05) is 5.56 Å². The summed E-state index contributed by atoms with van der Waals surface area (Å²) in [5, 5.41) is 11.9. The number of ketones is 1. The second kappa shape index (κ2) is 5.35. The molecule has 1 N–H and O–H groups in total. The molecule has 116 valence electrons. The smallest absolute Gasteiger partial charge is 0.347 e. The van der Waals surface area contributed by atoms with Gasteiger partial charge in [-0.1, -0.05) is 42.5 Å². The molecular weight excluding hydrogens is 304 g/mol. The van der Waals surface area contributed by atoms with E-state index in [-0.39, 0.29) is 17.1 Å². The largest absolute Gasteiger partial charge is 0.507 e. The molecule has 1 aliphatic heterocycles. The molecule has 0 radical (unpaired) electrons. The molecule has 4 heteroatoms. The third-order valence-corrected chi connectivity index (χ3v) is 4.04. The average Bonchev–Trinajstić information content (AvgIpc) is 2.60. The molecule has 0 saturated heterocycles. The van der Waals surface area contributed by atoms with Gasteiger partial charge in [0.05, 0.1) is 5.56 Å². The number of fused-ring (bicyclic) bond motifs is 2. The number of esters is 1. The van der Waals surface area contributed by atoms with Gasteiger partial charge in [0.25, 0.3) is 0 Å². The summed E-state index contributed by atoms with van der Waals surface area (Å²) in [5.41, 5.74) is 0.663. The molecule has 0 saturated carbocycles. The number of phenols is 1. The average molecular weight is 316 g/mol. The van der Waals surface area contributed by atoms with Crippen LogP contribution in [0, 0.1) is 0 Å². The van der Waals surface area contributed by atoms with Crippen LogP contribution in [-0.2, 0) is 4.79 Å². The van der Waals surface area contributed by atoms with Gasteiger partial charge in [-0.05, 0) is 35.0 Å². The standard InChI is InChI=1S/C20H12O4/c21-17-10-9-12-5-1-2-6-13(12)15(17)11-16-19(22)14-7-3-4-8-18(14)24-20(16)23/h1-11,21H/b16-11+. The van der Waals surface area contributed by atoms with E-state index in [1.807, 2.05) is 24.3 Å². The first-order valence-corrected chi connectivity index (χ1v) is 7.43. The Balaban J connectivity index is 1.92. The summed E-state index contributed by atoms with van der Waals surface area (Å²) >= 11 is 0. The zero-order chi connectivity index (χ0) is 16.7. The zero-order valence-electron chi connectivity index (χ0n) is 12.5. The summed E-state index contributed by atoms with van der Waals surface area (Å²) in [6.45, 7) is 0. The minimum Gasteiger partial charge on any atom is -0.507 e. The van der Waals surface area contributed by atoms with Crippen molar-refractivity contribution in [3.05, 3.63) is 77.4 Å². The van der Waals surface area contributed by atoms with Crippen LogP contribution >= 0.6 is 0 Å². The van der Waals surface area contributed by atoms with Crippen molar-refractivity contribution in [3.63, 3.8) is 0 Å². The van der Waals surface area contributed by atoms with Crippen molar-refractivity contribution < 1.29 is 19.4 Å². The van der Waals surface area contributed by atoms with Crippen molar-refractivity contribution in [2.24, 2.45) is 0 Å². The second-order valence-electron chi connectivity index (χ2n) is 5.49. The summed E-state index contributed by atoms with van der Waals surface area (Å²) in [6, 6.07) is 17.4. The van der Waals surface area contributed by atoms with Crippen molar-refractivity contribution in [2.45, 2.75) is 0 Å². The van der Waals surface area contributed by atoms with Gasteiger partial charge in [-0.3, -0.25) is 4.79 Å². The number of rotatable bonds is 1. The molecule has 1 heterocycles. The van der Waals surface area contributed by atoms with Crippen LogP contribution in [0.5, 0.6) is 11.5 Å². The van der Waals surface area contributed by atoms with Gasteiger partial charge in [0.1, 0.15) is 17.1 Å². The molecule has 0 spiro atoms. The van der Waals surface area contributed by atoms with Gasteiger partial charge in [-0.25, -0.2) is 4.79 Å². The van der Waals surface area contributed by atoms with Crippen LogP contribution in [0.1, 0.15) is 15.9 Å². The molecule has 0 bridgehead atoms. The Kier molecular flexibility index (Phi) is 3.17. The maximum absolute atomic E-state index is 12.6. The summed E-state index contributed by atoms with van der Waals surface area (Å²) in [7, 11) is 0. The van der Waals surface area contributed by atoms with E-state index in [9.17, 15) is 14.7 Å². The third kappa shape index (κ3) is 2.16. The zero-order valence-corrected chi connectivity index (χ0v) is 12.5. The monoisotopic (exact) mass is 316 g/mol. The number of benzene rings is 3. The quantitative estimate of drug-likeness (QED) is 0.321. The molecule has 24 heavy (non-hydrogen) atoms. The number of carbonyl (C=O) groups excluding carboxylic acids is 2. The van der Waals surface area contributed by atoms with Crippen LogP contribution in [0.25, 0.3) is 16.8 Å². The first-order chi connectivity index (χ1) is 11.6.